The second-order valence-electron chi connectivity index (χ2n) is 5.36. The van der Waals surface area contributed by atoms with Crippen LogP contribution in [0.1, 0.15) is 43.6 Å². The number of thiocarbonyl (C=S) groups is 1. The Labute approximate surface area is 137 Å². The molecule has 0 aliphatic carbocycles. The fourth-order valence-electron chi connectivity index (χ4n) is 2.50. The molecule has 0 spiro atoms. The molecular formula is C17H24N4S. The van der Waals surface area contributed by atoms with E-state index in [1.807, 2.05) is 23.7 Å². The molecule has 0 saturated carbocycles. The Balaban J connectivity index is 2.03. The van der Waals surface area contributed by atoms with Crippen LogP contribution in [0.25, 0.3) is 0 Å². The molecule has 1 heterocycles. The van der Waals surface area contributed by atoms with Gasteiger partial charge in [0.05, 0.1) is 11.7 Å². The van der Waals surface area contributed by atoms with E-state index >= 15 is 0 Å². The predicted molar refractivity (Wildman–Crippen MR) is 96.2 cm³/mol. The summed E-state index contributed by atoms with van der Waals surface area (Å²) in [6.45, 7) is 9.23. The molecule has 5 heteroatoms. The van der Waals surface area contributed by atoms with Crippen LogP contribution in [0.5, 0.6) is 0 Å². The van der Waals surface area contributed by atoms with Crippen LogP contribution in [0.15, 0.2) is 30.5 Å². The second kappa shape index (κ2) is 7.40. The molecule has 2 aromatic rings. The minimum absolute atomic E-state index is 0.120. The van der Waals surface area contributed by atoms with Crippen molar-refractivity contribution in [3.63, 3.8) is 0 Å². The van der Waals surface area contributed by atoms with Crippen molar-refractivity contribution < 1.29 is 0 Å². The van der Waals surface area contributed by atoms with Gasteiger partial charge in [-0.25, -0.2) is 0 Å². The fourth-order valence-corrected chi connectivity index (χ4v) is 2.79. The molecular weight excluding hydrogens is 292 g/mol. The normalized spacial score (nSPS) is 12.0. The fraction of sp³-hybridized carbons (Fsp3) is 0.412. The third-order valence-corrected chi connectivity index (χ3v) is 3.99. The summed E-state index contributed by atoms with van der Waals surface area (Å²) in [5.41, 5.74) is 4.54. The van der Waals surface area contributed by atoms with E-state index in [1.165, 1.54) is 11.1 Å². The minimum atomic E-state index is 0.120. The largest absolute Gasteiger partial charge is 0.356 e. The van der Waals surface area contributed by atoms with Gasteiger partial charge in [0.1, 0.15) is 0 Å². The van der Waals surface area contributed by atoms with E-state index in [9.17, 15) is 0 Å². The van der Waals surface area contributed by atoms with Crippen LogP contribution in [0.4, 0.5) is 5.69 Å². The van der Waals surface area contributed by atoms with Crippen molar-refractivity contribution in [3.8, 4) is 0 Å². The van der Waals surface area contributed by atoms with Gasteiger partial charge in [-0.05, 0) is 51.0 Å². The molecule has 4 nitrogen and oxygen atoms in total. The van der Waals surface area contributed by atoms with Gasteiger partial charge in [-0.1, -0.05) is 25.1 Å². The molecule has 0 saturated heterocycles. The lowest BCUT2D eigenvalue weighted by Gasteiger charge is -2.18. The molecule has 0 radical (unpaired) electrons. The van der Waals surface area contributed by atoms with E-state index in [4.69, 9.17) is 12.2 Å². The zero-order valence-corrected chi connectivity index (χ0v) is 14.5. The topological polar surface area (TPSA) is 41.9 Å². The molecule has 1 aromatic carbocycles. The minimum Gasteiger partial charge on any atom is -0.356 e. The Hall–Kier alpha value is -1.88. The summed E-state index contributed by atoms with van der Waals surface area (Å²) in [6, 6.07) is 8.35. The van der Waals surface area contributed by atoms with Gasteiger partial charge in [0, 0.05) is 24.0 Å². The molecule has 0 bridgehead atoms. The summed E-state index contributed by atoms with van der Waals surface area (Å²) >= 11 is 5.45. The average molecular weight is 316 g/mol. The summed E-state index contributed by atoms with van der Waals surface area (Å²) < 4.78 is 1.95. The van der Waals surface area contributed by atoms with E-state index in [2.05, 4.69) is 54.8 Å². The number of nitrogens with one attached hydrogen (secondary N) is 2. The molecule has 22 heavy (non-hydrogen) atoms. The van der Waals surface area contributed by atoms with Gasteiger partial charge < -0.3 is 10.6 Å². The summed E-state index contributed by atoms with van der Waals surface area (Å²) in [7, 11) is 0. The third kappa shape index (κ3) is 3.85. The number of nitrogens with zero attached hydrogens (tertiary/aromatic N) is 2. The van der Waals surface area contributed by atoms with E-state index in [0.29, 0.717) is 5.11 Å². The molecule has 2 rings (SSSR count). The Bertz CT molecular complexity index is 648. The lowest BCUT2D eigenvalue weighted by Crippen LogP contribution is -2.31. The van der Waals surface area contributed by atoms with Gasteiger partial charge in [0.2, 0.25) is 0 Å². The summed E-state index contributed by atoms with van der Waals surface area (Å²) in [5, 5.41) is 11.8. The zero-order valence-electron chi connectivity index (χ0n) is 13.7. The highest BCUT2D eigenvalue weighted by Gasteiger charge is 2.13. The van der Waals surface area contributed by atoms with Crippen molar-refractivity contribution in [2.75, 3.05) is 5.32 Å². The first kappa shape index (κ1) is 16.5. The standard InChI is InChI=1S/C17H24N4S/c1-5-14-9-7-8-10-16(14)19-17(22)18-12(3)15-11-21(6-2)20-13(15)4/h7-12H,5-6H2,1-4H3,(H2,18,19,22). The molecule has 0 aliphatic heterocycles. The van der Waals surface area contributed by atoms with E-state index in [-0.39, 0.29) is 6.04 Å². The van der Waals surface area contributed by atoms with Crippen LogP contribution in [0, 0.1) is 6.92 Å². The summed E-state index contributed by atoms with van der Waals surface area (Å²) in [6.07, 6.45) is 3.05. The maximum absolute atomic E-state index is 5.45. The van der Waals surface area contributed by atoms with Crippen molar-refractivity contribution in [3.05, 3.63) is 47.3 Å². The van der Waals surface area contributed by atoms with Crippen LogP contribution in [0.3, 0.4) is 0 Å². The molecule has 118 valence electrons. The quantitative estimate of drug-likeness (QED) is 0.823. The van der Waals surface area contributed by atoms with Gasteiger partial charge >= 0.3 is 0 Å². The van der Waals surface area contributed by atoms with E-state index < -0.39 is 0 Å². The monoisotopic (exact) mass is 316 g/mol. The van der Waals surface area contributed by atoms with Crippen molar-refractivity contribution in [1.82, 2.24) is 15.1 Å². The first-order valence-electron chi connectivity index (χ1n) is 7.74. The molecule has 1 aromatic heterocycles. The van der Waals surface area contributed by atoms with Crippen molar-refractivity contribution in [1.29, 1.82) is 0 Å². The number of rotatable bonds is 5. The number of para-hydroxylation sites is 1. The van der Waals surface area contributed by atoms with Crippen molar-refractivity contribution in [2.24, 2.45) is 0 Å². The number of anilines is 1. The molecule has 0 aliphatic rings. The molecule has 1 unspecified atom stereocenters. The smallest absolute Gasteiger partial charge is 0.171 e. The van der Waals surface area contributed by atoms with Crippen molar-refractivity contribution >= 4 is 23.0 Å². The van der Waals surface area contributed by atoms with Crippen LogP contribution in [-0.4, -0.2) is 14.9 Å². The van der Waals surface area contributed by atoms with Crippen LogP contribution in [0.2, 0.25) is 0 Å². The van der Waals surface area contributed by atoms with E-state index in [0.717, 1.165) is 24.3 Å². The van der Waals surface area contributed by atoms with Crippen LogP contribution in [-0.2, 0) is 13.0 Å². The van der Waals surface area contributed by atoms with Crippen molar-refractivity contribution in [2.45, 2.75) is 46.7 Å². The first-order chi connectivity index (χ1) is 10.5. The highest BCUT2D eigenvalue weighted by atomic mass is 32.1. The maximum atomic E-state index is 5.45. The van der Waals surface area contributed by atoms with E-state index in [1.54, 1.807) is 0 Å². The highest BCUT2D eigenvalue weighted by Crippen LogP contribution is 2.18. The van der Waals surface area contributed by atoms with Gasteiger partial charge in [-0.3, -0.25) is 4.68 Å². The highest BCUT2D eigenvalue weighted by molar-refractivity contribution is 7.80. The van der Waals surface area contributed by atoms with Gasteiger partial charge in [-0.2, -0.15) is 5.10 Å². The van der Waals surface area contributed by atoms with Gasteiger partial charge in [0.15, 0.2) is 5.11 Å². The molecule has 2 N–H and O–H groups in total. The Kier molecular flexibility index (Phi) is 5.55. The number of aromatic nitrogens is 2. The summed E-state index contributed by atoms with van der Waals surface area (Å²) in [4.78, 5) is 0. The molecule has 0 amide bonds. The maximum Gasteiger partial charge on any atom is 0.171 e. The first-order valence-corrected chi connectivity index (χ1v) is 8.15. The predicted octanol–water partition coefficient (Wildman–Crippen LogP) is 3.82. The third-order valence-electron chi connectivity index (χ3n) is 3.77. The lowest BCUT2D eigenvalue weighted by atomic mass is 10.1. The Morgan fingerprint density at radius 3 is 2.68 bits per heavy atom. The Morgan fingerprint density at radius 2 is 2.05 bits per heavy atom. The van der Waals surface area contributed by atoms with Gasteiger partial charge in [-0.15, -0.1) is 0 Å². The molecule has 0 fully saturated rings. The van der Waals surface area contributed by atoms with Crippen LogP contribution < -0.4 is 10.6 Å². The number of hydrogen-bond donors (Lipinski definition) is 2. The SMILES string of the molecule is CCc1ccccc1NC(=S)NC(C)c1cn(CC)nc1C. The molecule has 1 atom stereocenters. The number of hydrogen-bond acceptors (Lipinski definition) is 2. The van der Waals surface area contributed by atoms with Crippen LogP contribution >= 0.6 is 12.2 Å². The summed E-state index contributed by atoms with van der Waals surface area (Å²) in [5.74, 6) is 0. The Morgan fingerprint density at radius 1 is 1.32 bits per heavy atom. The zero-order chi connectivity index (χ0) is 16.1. The lowest BCUT2D eigenvalue weighted by molar-refractivity contribution is 0.651. The number of aryl methyl sites for hydroxylation is 3. The van der Waals surface area contributed by atoms with Gasteiger partial charge in [0.25, 0.3) is 0 Å². The average Bonchev–Trinajstić information content (AvgIpc) is 2.89. The second-order valence-corrected chi connectivity index (χ2v) is 5.76. The number of benzene rings is 1.